The molecule has 1 spiro atoms. The molecule has 0 aromatic carbocycles. The zero-order valence-corrected chi connectivity index (χ0v) is 7.16. The summed E-state index contributed by atoms with van der Waals surface area (Å²) in [4.78, 5) is 0. The van der Waals surface area contributed by atoms with E-state index in [4.69, 9.17) is 11.6 Å². The van der Waals surface area contributed by atoms with Crippen LogP contribution in [0.25, 0.3) is 0 Å². The van der Waals surface area contributed by atoms with E-state index in [9.17, 15) is 0 Å². The number of hydrogen-bond donors (Lipinski definition) is 0. The largest absolute Gasteiger partial charge is 0.126 e. The van der Waals surface area contributed by atoms with E-state index in [1.54, 1.807) is 0 Å². The van der Waals surface area contributed by atoms with E-state index in [-0.39, 0.29) is 0 Å². The monoisotopic (exact) mass is 158 g/mol. The molecule has 58 valence electrons. The van der Waals surface area contributed by atoms with Crippen LogP contribution in [0.15, 0.2) is 0 Å². The smallest absolute Gasteiger partial charge is 0.0257 e. The first kappa shape index (κ1) is 6.97. The molecule has 0 bridgehead atoms. The number of rotatable bonds is 1. The van der Waals surface area contributed by atoms with Gasteiger partial charge in [-0.25, -0.2) is 0 Å². The molecule has 0 heterocycles. The van der Waals surface area contributed by atoms with Crippen molar-refractivity contribution in [1.82, 2.24) is 0 Å². The van der Waals surface area contributed by atoms with Crippen LogP contribution in [-0.2, 0) is 0 Å². The predicted molar refractivity (Wildman–Crippen MR) is 44.3 cm³/mol. The molecular formula is C9H15Cl. The lowest BCUT2D eigenvalue weighted by Gasteiger charge is -2.43. The summed E-state index contributed by atoms with van der Waals surface area (Å²) >= 11 is 5.90. The fourth-order valence-corrected chi connectivity index (χ4v) is 3.22. The fraction of sp³-hybridized carbons (Fsp3) is 1.00. The minimum absolute atomic E-state index is 0.752. The van der Waals surface area contributed by atoms with Crippen LogP contribution in [0.4, 0.5) is 0 Å². The Balaban J connectivity index is 2.05. The van der Waals surface area contributed by atoms with Crippen LogP contribution in [-0.4, -0.2) is 5.88 Å². The van der Waals surface area contributed by atoms with E-state index in [0.717, 1.165) is 17.2 Å². The highest BCUT2D eigenvalue weighted by Gasteiger charge is 2.46. The Morgan fingerprint density at radius 1 is 1.20 bits per heavy atom. The highest BCUT2D eigenvalue weighted by Crippen LogP contribution is 2.56. The lowest BCUT2D eigenvalue weighted by atomic mass is 9.63. The molecular weight excluding hydrogens is 144 g/mol. The Bertz CT molecular complexity index is 127. The van der Waals surface area contributed by atoms with Crippen LogP contribution < -0.4 is 0 Å². The van der Waals surface area contributed by atoms with Gasteiger partial charge in [0.15, 0.2) is 0 Å². The number of hydrogen-bond acceptors (Lipinski definition) is 0. The van der Waals surface area contributed by atoms with Crippen LogP contribution in [0.5, 0.6) is 0 Å². The summed E-state index contributed by atoms with van der Waals surface area (Å²) in [6.07, 6.45) is 8.74. The highest BCUT2D eigenvalue weighted by atomic mass is 35.5. The van der Waals surface area contributed by atoms with Gasteiger partial charge >= 0.3 is 0 Å². The van der Waals surface area contributed by atoms with E-state index in [2.05, 4.69) is 0 Å². The molecule has 2 rings (SSSR count). The van der Waals surface area contributed by atoms with Crippen molar-refractivity contribution in [2.45, 2.75) is 38.5 Å². The van der Waals surface area contributed by atoms with Crippen molar-refractivity contribution in [2.75, 3.05) is 5.88 Å². The van der Waals surface area contributed by atoms with Gasteiger partial charge in [-0.15, -0.1) is 11.6 Å². The summed E-state index contributed by atoms with van der Waals surface area (Å²) in [6, 6.07) is 0. The molecule has 0 aromatic heterocycles. The van der Waals surface area contributed by atoms with Crippen molar-refractivity contribution in [3.63, 3.8) is 0 Å². The maximum absolute atomic E-state index is 5.90. The minimum Gasteiger partial charge on any atom is -0.126 e. The standard InChI is InChI=1S/C9H15Cl/c10-7-8-3-1-4-9(8)5-2-6-9/h8H,1-7H2. The average Bonchev–Trinajstić information content (AvgIpc) is 2.27. The maximum atomic E-state index is 5.90. The predicted octanol–water partition coefficient (Wildman–Crippen LogP) is 3.20. The van der Waals surface area contributed by atoms with Crippen molar-refractivity contribution >= 4 is 11.6 Å². The topological polar surface area (TPSA) is 0 Å². The van der Waals surface area contributed by atoms with Crippen molar-refractivity contribution in [2.24, 2.45) is 11.3 Å². The van der Waals surface area contributed by atoms with Crippen molar-refractivity contribution in [3.8, 4) is 0 Å². The highest BCUT2D eigenvalue weighted by molar-refractivity contribution is 6.18. The molecule has 2 saturated carbocycles. The van der Waals surface area contributed by atoms with Gasteiger partial charge in [-0.2, -0.15) is 0 Å². The van der Waals surface area contributed by atoms with E-state index in [1.807, 2.05) is 0 Å². The van der Waals surface area contributed by atoms with Gasteiger partial charge < -0.3 is 0 Å². The summed E-state index contributed by atoms with van der Waals surface area (Å²) in [7, 11) is 0. The van der Waals surface area contributed by atoms with Gasteiger partial charge in [0.25, 0.3) is 0 Å². The van der Waals surface area contributed by atoms with Crippen molar-refractivity contribution < 1.29 is 0 Å². The average molecular weight is 159 g/mol. The van der Waals surface area contributed by atoms with Crippen LogP contribution in [0.1, 0.15) is 38.5 Å². The lowest BCUT2D eigenvalue weighted by Crippen LogP contribution is -2.33. The third kappa shape index (κ3) is 0.812. The SMILES string of the molecule is ClCC1CCCC12CCC2. The second-order valence-electron chi connectivity index (χ2n) is 3.96. The fourth-order valence-electron chi connectivity index (χ4n) is 2.74. The summed E-state index contributed by atoms with van der Waals surface area (Å²) in [5, 5.41) is 0. The van der Waals surface area contributed by atoms with Crippen LogP contribution in [0, 0.1) is 11.3 Å². The first-order chi connectivity index (χ1) is 4.87. The van der Waals surface area contributed by atoms with Crippen LogP contribution >= 0.6 is 11.6 Å². The Hall–Kier alpha value is 0.290. The van der Waals surface area contributed by atoms with Gasteiger partial charge in [0.1, 0.15) is 0 Å². The quantitative estimate of drug-likeness (QED) is 0.515. The molecule has 1 heteroatoms. The van der Waals surface area contributed by atoms with E-state index in [0.29, 0.717) is 0 Å². The third-order valence-electron chi connectivity index (χ3n) is 3.63. The van der Waals surface area contributed by atoms with Gasteiger partial charge in [0.05, 0.1) is 0 Å². The minimum atomic E-state index is 0.752. The van der Waals surface area contributed by atoms with E-state index in [1.165, 1.54) is 38.5 Å². The molecule has 0 amide bonds. The normalized spacial score (nSPS) is 36.3. The van der Waals surface area contributed by atoms with Crippen molar-refractivity contribution in [1.29, 1.82) is 0 Å². The molecule has 0 N–H and O–H groups in total. The van der Waals surface area contributed by atoms with Gasteiger partial charge in [-0.3, -0.25) is 0 Å². The zero-order chi connectivity index (χ0) is 7.03. The van der Waals surface area contributed by atoms with Gasteiger partial charge in [0, 0.05) is 5.88 Å². The second-order valence-corrected chi connectivity index (χ2v) is 4.27. The molecule has 0 saturated heterocycles. The number of halogens is 1. The maximum Gasteiger partial charge on any atom is 0.0257 e. The summed E-state index contributed by atoms with van der Waals surface area (Å²) < 4.78 is 0. The zero-order valence-electron chi connectivity index (χ0n) is 6.41. The molecule has 2 fully saturated rings. The van der Waals surface area contributed by atoms with Gasteiger partial charge in [0.2, 0.25) is 0 Å². The summed E-state index contributed by atoms with van der Waals surface area (Å²) in [6.45, 7) is 0. The lowest BCUT2D eigenvalue weighted by molar-refractivity contribution is 0.0904. The van der Waals surface area contributed by atoms with Crippen LogP contribution in [0.2, 0.25) is 0 Å². The molecule has 1 atom stereocenters. The van der Waals surface area contributed by atoms with E-state index >= 15 is 0 Å². The molecule has 2 aliphatic carbocycles. The first-order valence-corrected chi connectivity index (χ1v) is 4.97. The Morgan fingerprint density at radius 3 is 2.30 bits per heavy atom. The molecule has 0 aliphatic heterocycles. The van der Waals surface area contributed by atoms with Crippen molar-refractivity contribution in [3.05, 3.63) is 0 Å². The Kier molecular flexibility index (Phi) is 1.68. The van der Waals surface area contributed by atoms with Gasteiger partial charge in [-0.05, 0) is 37.0 Å². The first-order valence-electron chi connectivity index (χ1n) is 4.43. The summed E-state index contributed by atoms with van der Waals surface area (Å²) in [5.41, 5.74) is 0.752. The molecule has 1 unspecified atom stereocenters. The molecule has 0 radical (unpaired) electrons. The van der Waals surface area contributed by atoms with Gasteiger partial charge in [-0.1, -0.05) is 12.8 Å². The molecule has 0 aromatic rings. The number of alkyl halides is 1. The second kappa shape index (κ2) is 2.41. The molecule has 2 aliphatic rings. The van der Waals surface area contributed by atoms with E-state index < -0.39 is 0 Å². The van der Waals surface area contributed by atoms with Crippen LogP contribution in [0.3, 0.4) is 0 Å². The summed E-state index contributed by atoms with van der Waals surface area (Å²) in [5.74, 6) is 1.79. The molecule has 0 nitrogen and oxygen atoms in total. The Labute approximate surface area is 68.0 Å². The molecule has 10 heavy (non-hydrogen) atoms. The Morgan fingerprint density at radius 2 is 1.90 bits per heavy atom. The third-order valence-corrected chi connectivity index (χ3v) is 4.00.